The van der Waals surface area contributed by atoms with Crippen LogP contribution >= 0.6 is 11.8 Å². The van der Waals surface area contributed by atoms with Crippen molar-refractivity contribution in [2.45, 2.75) is 13.3 Å². The molecule has 1 heterocycles. The van der Waals surface area contributed by atoms with E-state index in [0.717, 1.165) is 17.9 Å². The van der Waals surface area contributed by atoms with Gasteiger partial charge in [-0.1, -0.05) is 17.8 Å². The maximum Gasteiger partial charge on any atom is 0.158 e. The lowest BCUT2D eigenvalue weighted by Crippen LogP contribution is -2.05. The Morgan fingerprint density at radius 1 is 1.78 bits per heavy atom. The van der Waals surface area contributed by atoms with Crippen molar-refractivity contribution in [3.05, 3.63) is 11.8 Å². The van der Waals surface area contributed by atoms with Crippen molar-refractivity contribution in [1.82, 2.24) is 0 Å². The summed E-state index contributed by atoms with van der Waals surface area (Å²) in [5, 5.41) is 0.696. The van der Waals surface area contributed by atoms with Crippen LogP contribution in [0.15, 0.2) is 16.8 Å². The monoisotopic (exact) mass is 142 g/mol. The summed E-state index contributed by atoms with van der Waals surface area (Å²) in [7, 11) is 0. The lowest BCUT2D eigenvalue weighted by Gasteiger charge is -1.91. The van der Waals surface area contributed by atoms with Crippen LogP contribution in [0.4, 0.5) is 0 Å². The largest absolute Gasteiger partial charge is 0.378 e. The van der Waals surface area contributed by atoms with Crippen molar-refractivity contribution in [2.75, 3.05) is 5.75 Å². The Morgan fingerprint density at radius 2 is 2.56 bits per heavy atom. The molecule has 0 saturated heterocycles. The van der Waals surface area contributed by atoms with E-state index in [1.54, 1.807) is 11.8 Å². The fraction of sp³-hybridized carbons (Fsp3) is 0.500. The standard InChI is InChI=1S/C6H10N2S/c1-5-3-2-4-9-6(7)8-5/h3H,2,4H2,1H3,(H2,7,8). The summed E-state index contributed by atoms with van der Waals surface area (Å²) >= 11 is 1.62. The van der Waals surface area contributed by atoms with Gasteiger partial charge in [-0.05, 0) is 13.3 Å². The molecular weight excluding hydrogens is 132 g/mol. The molecule has 9 heavy (non-hydrogen) atoms. The van der Waals surface area contributed by atoms with Gasteiger partial charge in [-0.3, -0.25) is 0 Å². The van der Waals surface area contributed by atoms with E-state index < -0.39 is 0 Å². The Bertz CT molecular complexity index is 160. The van der Waals surface area contributed by atoms with Crippen LogP contribution in [0.2, 0.25) is 0 Å². The van der Waals surface area contributed by atoms with Crippen LogP contribution < -0.4 is 5.73 Å². The highest BCUT2D eigenvalue weighted by Crippen LogP contribution is 2.11. The third kappa shape index (κ3) is 2.10. The molecule has 0 aromatic heterocycles. The van der Waals surface area contributed by atoms with Crippen LogP contribution in [0.25, 0.3) is 0 Å². The number of nitrogens with zero attached hydrogens (tertiary/aromatic N) is 1. The summed E-state index contributed by atoms with van der Waals surface area (Å²) in [6.07, 6.45) is 3.19. The van der Waals surface area contributed by atoms with Crippen molar-refractivity contribution in [3.8, 4) is 0 Å². The maximum absolute atomic E-state index is 5.50. The van der Waals surface area contributed by atoms with Crippen molar-refractivity contribution >= 4 is 16.9 Å². The Hall–Kier alpha value is -0.440. The van der Waals surface area contributed by atoms with Crippen LogP contribution in [0, 0.1) is 0 Å². The molecule has 1 aliphatic heterocycles. The van der Waals surface area contributed by atoms with Crippen LogP contribution in [0.3, 0.4) is 0 Å². The zero-order chi connectivity index (χ0) is 6.69. The van der Waals surface area contributed by atoms with Gasteiger partial charge in [0.1, 0.15) is 0 Å². The van der Waals surface area contributed by atoms with Gasteiger partial charge in [-0.15, -0.1) is 0 Å². The Labute approximate surface area is 59.2 Å². The van der Waals surface area contributed by atoms with Gasteiger partial charge in [0.15, 0.2) is 5.17 Å². The molecule has 0 spiro atoms. The van der Waals surface area contributed by atoms with E-state index in [4.69, 9.17) is 5.73 Å². The lowest BCUT2D eigenvalue weighted by molar-refractivity contribution is 1.18. The third-order valence-corrected chi connectivity index (χ3v) is 1.92. The summed E-state index contributed by atoms with van der Waals surface area (Å²) < 4.78 is 0. The molecule has 1 aliphatic rings. The Kier molecular flexibility index (Phi) is 2.16. The molecule has 0 saturated carbocycles. The second kappa shape index (κ2) is 2.92. The van der Waals surface area contributed by atoms with Crippen molar-refractivity contribution in [1.29, 1.82) is 0 Å². The molecule has 0 radical (unpaired) electrons. The first-order valence-corrected chi connectivity index (χ1v) is 3.91. The van der Waals surface area contributed by atoms with Crippen LogP contribution in [-0.2, 0) is 0 Å². The predicted octanol–water partition coefficient (Wildman–Crippen LogP) is 1.34. The number of aliphatic imine (C=N–C) groups is 1. The zero-order valence-electron chi connectivity index (χ0n) is 5.42. The van der Waals surface area contributed by atoms with E-state index in [2.05, 4.69) is 11.1 Å². The van der Waals surface area contributed by atoms with Gasteiger partial charge in [0.2, 0.25) is 0 Å². The van der Waals surface area contributed by atoms with E-state index >= 15 is 0 Å². The van der Waals surface area contributed by atoms with Gasteiger partial charge < -0.3 is 5.73 Å². The quantitative estimate of drug-likeness (QED) is 0.554. The van der Waals surface area contributed by atoms with Gasteiger partial charge in [0.25, 0.3) is 0 Å². The van der Waals surface area contributed by atoms with Gasteiger partial charge in [-0.2, -0.15) is 0 Å². The van der Waals surface area contributed by atoms with Crippen LogP contribution in [0.5, 0.6) is 0 Å². The second-order valence-corrected chi connectivity index (χ2v) is 3.05. The van der Waals surface area contributed by atoms with Crippen molar-refractivity contribution in [2.24, 2.45) is 10.7 Å². The molecule has 0 fully saturated rings. The molecule has 0 aromatic carbocycles. The number of hydrogen-bond acceptors (Lipinski definition) is 3. The minimum Gasteiger partial charge on any atom is -0.378 e. The summed E-state index contributed by atoms with van der Waals surface area (Å²) in [4.78, 5) is 4.09. The average Bonchev–Trinajstić information content (AvgIpc) is 1.93. The fourth-order valence-corrected chi connectivity index (χ4v) is 1.34. The topological polar surface area (TPSA) is 38.4 Å². The highest BCUT2D eigenvalue weighted by atomic mass is 32.2. The van der Waals surface area contributed by atoms with Gasteiger partial charge >= 0.3 is 0 Å². The molecule has 2 N–H and O–H groups in total. The molecule has 0 amide bonds. The zero-order valence-corrected chi connectivity index (χ0v) is 6.24. The fourth-order valence-electron chi connectivity index (χ4n) is 0.683. The smallest absolute Gasteiger partial charge is 0.158 e. The molecule has 50 valence electrons. The number of amidine groups is 1. The first kappa shape index (κ1) is 6.68. The number of nitrogens with two attached hydrogens (primary N) is 1. The molecule has 0 aliphatic carbocycles. The Morgan fingerprint density at radius 3 is 3.33 bits per heavy atom. The number of hydrogen-bond donors (Lipinski definition) is 1. The van der Waals surface area contributed by atoms with E-state index in [1.165, 1.54) is 0 Å². The number of rotatable bonds is 0. The second-order valence-electron chi connectivity index (χ2n) is 1.93. The molecule has 2 nitrogen and oxygen atoms in total. The normalized spacial score (nSPS) is 20.1. The number of allylic oxidation sites excluding steroid dienone is 2. The molecule has 0 aromatic rings. The SMILES string of the molecule is CC1=CCCSC(N)=N1. The minimum atomic E-state index is 0.696. The molecule has 0 atom stereocenters. The minimum absolute atomic E-state index is 0.696. The molecule has 1 rings (SSSR count). The Balaban J connectivity index is 2.67. The van der Waals surface area contributed by atoms with Crippen molar-refractivity contribution in [3.63, 3.8) is 0 Å². The average molecular weight is 142 g/mol. The number of thioether (sulfide) groups is 1. The van der Waals surface area contributed by atoms with Gasteiger partial charge in [0.05, 0.1) is 0 Å². The highest BCUT2D eigenvalue weighted by molar-refractivity contribution is 8.13. The lowest BCUT2D eigenvalue weighted by atomic mass is 10.4. The van der Waals surface area contributed by atoms with Gasteiger partial charge in [-0.25, -0.2) is 4.99 Å². The first-order chi connectivity index (χ1) is 4.29. The third-order valence-electron chi connectivity index (χ3n) is 1.09. The van der Waals surface area contributed by atoms with Crippen LogP contribution in [0.1, 0.15) is 13.3 Å². The maximum atomic E-state index is 5.50. The molecular formula is C6H10N2S. The van der Waals surface area contributed by atoms with E-state index in [9.17, 15) is 0 Å². The van der Waals surface area contributed by atoms with Crippen molar-refractivity contribution < 1.29 is 0 Å². The van der Waals surface area contributed by atoms with E-state index in [0.29, 0.717) is 5.17 Å². The highest BCUT2D eigenvalue weighted by Gasteiger charge is 1.97. The molecule has 0 bridgehead atoms. The summed E-state index contributed by atoms with van der Waals surface area (Å²) in [5.41, 5.74) is 6.54. The molecule has 0 unspecified atom stereocenters. The van der Waals surface area contributed by atoms with Gasteiger partial charge in [0, 0.05) is 11.4 Å². The molecule has 3 heteroatoms. The van der Waals surface area contributed by atoms with E-state index in [1.807, 2.05) is 6.92 Å². The predicted molar refractivity (Wildman–Crippen MR) is 42.5 cm³/mol. The first-order valence-electron chi connectivity index (χ1n) is 2.93. The van der Waals surface area contributed by atoms with E-state index in [-0.39, 0.29) is 0 Å². The summed E-state index contributed by atoms with van der Waals surface area (Å²) in [6, 6.07) is 0. The summed E-state index contributed by atoms with van der Waals surface area (Å²) in [6.45, 7) is 1.97. The summed E-state index contributed by atoms with van der Waals surface area (Å²) in [5.74, 6) is 1.06. The van der Waals surface area contributed by atoms with Crippen LogP contribution in [-0.4, -0.2) is 10.9 Å².